The van der Waals surface area contributed by atoms with Crippen LogP contribution in [0.25, 0.3) is 0 Å². The number of rotatable bonds is 4. The van der Waals surface area contributed by atoms with Gasteiger partial charge in [-0.25, -0.2) is 0 Å². The lowest BCUT2D eigenvalue weighted by Crippen LogP contribution is -2.37. The van der Waals surface area contributed by atoms with Crippen LogP contribution in [0.3, 0.4) is 0 Å². The number of aryl methyl sites for hydroxylation is 1. The number of likely N-dealkylation sites (N-methyl/N-ethyl adjacent to an activating group) is 1. The minimum atomic E-state index is 0.0716. The molecule has 94 valence electrons. The van der Waals surface area contributed by atoms with Crippen molar-refractivity contribution in [1.82, 2.24) is 15.4 Å². The molecule has 17 heavy (non-hydrogen) atoms. The zero-order valence-electron chi connectivity index (χ0n) is 10.4. The van der Waals surface area contributed by atoms with E-state index in [2.05, 4.69) is 10.5 Å². The molecule has 1 N–H and O–H groups in total. The third-order valence-corrected chi connectivity index (χ3v) is 3.07. The van der Waals surface area contributed by atoms with E-state index in [4.69, 9.17) is 4.52 Å². The van der Waals surface area contributed by atoms with E-state index in [0.717, 1.165) is 37.4 Å². The van der Waals surface area contributed by atoms with Crippen LogP contribution in [0.1, 0.15) is 37.3 Å². The third kappa shape index (κ3) is 2.66. The van der Waals surface area contributed by atoms with E-state index in [0.29, 0.717) is 6.54 Å². The van der Waals surface area contributed by atoms with Gasteiger partial charge >= 0.3 is 0 Å². The van der Waals surface area contributed by atoms with Crippen LogP contribution in [0.15, 0.2) is 10.6 Å². The topological polar surface area (TPSA) is 58.4 Å². The molecule has 0 saturated carbocycles. The van der Waals surface area contributed by atoms with E-state index in [1.807, 2.05) is 24.8 Å². The summed E-state index contributed by atoms with van der Waals surface area (Å²) >= 11 is 0. The molecule has 5 nitrogen and oxygen atoms in total. The van der Waals surface area contributed by atoms with Crippen LogP contribution in [-0.4, -0.2) is 35.6 Å². The lowest BCUT2D eigenvalue weighted by molar-refractivity contribution is -0.131. The van der Waals surface area contributed by atoms with Crippen molar-refractivity contribution in [1.29, 1.82) is 0 Å². The first-order chi connectivity index (χ1) is 8.22. The summed E-state index contributed by atoms with van der Waals surface area (Å²) in [7, 11) is 0. The second kappa shape index (κ2) is 5.31. The Balaban J connectivity index is 2.04. The van der Waals surface area contributed by atoms with Gasteiger partial charge in [-0.3, -0.25) is 4.79 Å². The van der Waals surface area contributed by atoms with Gasteiger partial charge < -0.3 is 14.7 Å². The highest BCUT2D eigenvalue weighted by molar-refractivity contribution is 5.79. The first-order valence-electron chi connectivity index (χ1n) is 6.15. The van der Waals surface area contributed by atoms with Gasteiger partial charge in [0.25, 0.3) is 0 Å². The number of hydrogen-bond acceptors (Lipinski definition) is 4. The maximum Gasteiger partial charge on any atom is 0.237 e. The molecule has 1 aliphatic rings. The van der Waals surface area contributed by atoms with Gasteiger partial charge in [-0.15, -0.1) is 0 Å². The van der Waals surface area contributed by atoms with Gasteiger partial charge in [-0.05, 0) is 26.3 Å². The molecular weight excluding hydrogens is 218 g/mol. The Labute approximate surface area is 101 Å². The van der Waals surface area contributed by atoms with Gasteiger partial charge in [-0.1, -0.05) is 12.1 Å². The van der Waals surface area contributed by atoms with Crippen LogP contribution in [0, 0.1) is 6.92 Å². The summed E-state index contributed by atoms with van der Waals surface area (Å²) in [6.45, 7) is 5.92. The summed E-state index contributed by atoms with van der Waals surface area (Å²) in [6, 6.07) is 1.99. The second-order valence-electron chi connectivity index (χ2n) is 4.40. The average Bonchev–Trinajstić information content (AvgIpc) is 2.93. The van der Waals surface area contributed by atoms with Gasteiger partial charge in [0.1, 0.15) is 0 Å². The molecule has 0 spiro atoms. The van der Waals surface area contributed by atoms with E-state index >= 15 is 0 Å². The van der Waals surface area contributed by atoms with Gasteiger partial charge in [0.05, 0.1) is 18.3 Å². The predicted molar refractivity (Wildman–Crippen MR) is 63.5 cm³/mol. The Kier molecular flexibility index (Phi) is 3.78. The van der Waals surface area contributed by atoms with E-state index < -0.39 is 0 Å². The first kappa shape index (κ1) is 12.1. The number of amides is 1. The van der Waals surface area contributed by atoms with Crippen molar-refractivity contribution in [2.45, 2.75) is 32.7 Å². The van der Waals surface area contributed by atoms with Gasteiger partial charge in [0.15, 0.2) is 5.76 Å². The highest BCUT2D eigenvalue weighted by atomic mass is 16.5. The van der Waals surface area contributed by atoms with E-state index in [9.17, 15) is 4.79 Å². The smallest absolute Gasteiger partial charge is 0.237 e. The lowest BCUT2D eigenvalue weighted by atomic mass is 10.1. The first-order valence-corrected chi connectivity index (χ1v) is 6.15. The zero-order valence-corrected chi connectivity index (χ0v) is 10.4. The molecule has 1 saturated heterocycles. The Morgan fingerprint density at radius 2 is 2.53 bits per heavy atom. The van der Waals surface area contributed by atoms with Crippen LogP contribution in [0.4, 0.5) is 0 Å². The minimum Gasteiger partial charge on any atom is -0.359 e. The zero-order chi connectivity index (χ0) is 12.3. The second-order valence-corrected chi connectivity index (χ2v) is 4.40. The lowest BCUT2D eigenvalue weighted by Gasteiger charge is -2.22. The van der Waals surface area contributed by atoms with Crippen LogP contribution < -0.4 is 5.32 Å². The molecule has 5 heteroatoms. The van der Waals surface area contributed by atoms with Crippen molar-refractivity contribution in [3.05, 3.63) is 17.5 Å². The highest BCUT2D eigenvalue weighted by Crippen LogP contribution is 2.31. The normalized spacial score (nSPS) is 19.9. The van der Waals surface area contributed by atoms with Crippen LogP contribution in [0.5, 0.6) is 0 Å². The van der Waals surface area contributed by atoms with Gasteiger partial charge in [0.2, 0.25) is 5.91 Å². The summed E-state index contributed by atoms with van der Waals surface area (Å²) in [5, 5.41) is 6.95. The maximum absolute atomic E-state index is 12.0. The number of nitrogens with one attached hydrogen (secondary N) is 1. The molecule has 2 rings (SSSR count). The molecule has 1 fully saturated rings. The molecular formula is C12H19N3O2. The van der Waals surface area contributed by atoms with E-state index in [-0.39, 0.29) is 11.9 Å². The molecule has 1 aliphatic heterocycles. The Hall–Kier alpha value is -1.36. The molecule has 1 atom stereocenters. The predicted octanol–water partition coefficient (Wildman–Crippen LogP) is 1.26. The number of hydrogen-bond donors (Lipinski definition) is 1. The Morgan fingerprint density at radius 1 is 1.71 bits per heavy atom. The molecule has 0 bridgehead atoms. The number of nitrogens with zero attached hydrogens (tertiary/aromatic N) is 2. The van der Waals surface area contributed by atoms with Crippen LogP contribution in [-0.2, 0) is 4.79 Å². The highest BCUT2D eigenvalue weighted by Gasteiger charge is 2.32. The number of carbonyl (C=O) groups excluding carboxylic acids is 1. The maximum atomic E-state index is 12.0. The fraction of sp³-hybridized carbons (Fsp3) is 0.667. The Morgan fingerprint density at radius 3 is 3.18 bits per heavy atom. The quantitative estimate of drug-likeness (QED) is 0.856. The van der Waals surface area contributed by atoms with E-state index in [1.54, 1.807) is 0 Å². The SMILES string of the molecule is CCNCC(=O)N1CCCC1c1cc(C)no1. The standard InChI is InChI=1S/C12H19N3O2/c1-3-13-8-12(16)15-6-4-5-10(15)11-7-9(2)14-17-11/h7,10,13H,3-6,8H2,1-2H3. The number of aromatic nitrogens is 1. The minimum absolute atomic E-state index is 0.0716. The van der Waals surface area contributed by atoms with Crippen molar-refractivity contribution in [2.24, 2.45) is 0 Å². The third-order valence-electron chi connectivity index (χ3n) is 3.07. The largest absolute Gasteiger partial charge is 0.359 e. The number of likely N-dealkylation sites (tertiary alicyclic amines) is 1. The molecule has 0 radical (unpaired) electrons. The van der Waals surface area contributed by atoms with E-state index in [1.165, 1.54) is 0 Å². The van der Waals surface area contributed by atoms with Crippen molar-refractivity contribution >= 4 is 5.91 Å². The van der Waals surface area contributed by atoms with Crippen molar-refractivity contribution in [3.8, 4) is 0 Å². The van der Waals surface area contributed by atoms with Gasteiger partial charge in [0, 0.05) is 12.6 Å². The Bertz CT molecular complexity index is 389. The van der Waals surface area contributed by atoms with Crippen LogP contribution >= 0.6 is 0 Å². The van der Waals surface area contributed by atoms with Crippen molar-refractivity contribution in [2.75, 3.05) is 19.6 Å². The van der Waals surface area contributed by atoms with Crippen molar-refractivity contribution < 1.29 is 9.32 Å². The summed E-state index contributed by atoms with van der Waals surface area (Å²) in [4.78, 5) is 13.9. The molecule has 0 aliphatic carbocycles. The molecule has 2 heterocycles. The molecule has 1 unspecified atom stereocenters. The molecule has 1 aromatic heterocycles. The summed E-state index contributed by atoms with van der Waals surface area (Å²) in [6.07, 6.45) is 1.99. The summed E-state index contributed by atoms with van der Waals surface area (Å²) in [5.41, 5.74) is 0.867. The van der Waals surface area contributed by atoms with Crippen molar-refractivity contribution in [3.63, 3.8) is 0 Å². The van der Waals surface area contributed by atoms with Crippen LogP contribution in [0.2, 0.25) is 0 Å². The average molecular weight is 237 g/mol. The summed E-state index contributed by atoms with van der Waals surface area (Å²) in [5.74, 6) is 0.952. The molecule has 0 aromatic carbocycles. The fourth-order valence-corrected chi connectivity index (χ4v) is 2.23. The van der Waals surface area contributed by atoms with Gasteiger partial charge in [-0.2, -0.15) is 0 Å². The fourth-order valence-electron chi connectivity index (χ4n) is 2.23. The summed E-state index contributed by atoms with van der Waals surface area (Å²) < 4.78 is 5.27. The molecule has 1 amide bonds. The number of carbonyl (C=O) groups is 1. The monoisotopic (exact) mass is 237 g/mol. The molecule has 1 aromatic rings.